The molecule has 0 aliphatic carbocycles. The van der Waals surface area contributed by atoms with Gasteiger partial charge in [0.15, 0.2) is 6.61 Å². The van der Waals surface area contributed by atoms with Crippen molar-refractivity contribution in [1.29, 1.82) is 0 Å². The van der Waals surface area contributed by atoms with Gasteiger partial charge in [0.1, 0.15) is 0 Å². The molecule has 0 heterocycles. The molecule has 0 aliphatic rings. The van der Waals surface area contributed by atoms with Crippen molar-refractivity contribution in [2.75, 3.05) is 11.9 Å². The van der Waals surface area contributed by atoms with E-state index in [0.717, 1.165) is 10.0 Å². The fraction of sp³-hybridized carbons (Fsp3) is 0.125. The first-order valence-electron chi connectivity index (χ1n) is 6.84. The van der Waals surface area contributed by atoms with Crippen LogP contribution in [0.2, 0.25) is 0 Å². The zero-order chi connectivity index (χ0) is 17.7. The number of halogens is 1. The Labute approximate surface area is 145 Å². The van der Waals surface area contributed by atoms with Gasteiger partial charge < -0.3 is 10.1 Å². The highest BCUT2D eigenvalue weighted by atomic mass is 79.9. The molecule has 24 heavy (non-hydrogen) atoms. The number of hydrogen-bond donors (Lipinski definition) is 1. The molecular formula is C16H13BrN2O5. The zero-order valence-corrected chi connectivity index (χ0v) is 14.2. The second-order valence-electron chi connectivity index (χ2n) is 4.89. The summed E-state index contributed by atoms with van der Waals surface area (Å²) in [5.41, 5.74) is 1.48. The molecule has 1 N–H and O–H groups in total. The van der Waals surface area contributed by atoms with Crippen molar-refractivity contribution >= 4 is 39.2 Å². The Kier molecular flexibility index (Phi) is 5.64. The number of ether oxygens (including phenoxy) is 1. The first-order chi connectivity index (χ1) is 11.4. The number of nitro groups is 1. The molecule has 0 atom stereocenters. The van der Waals surface area contributed by atoms with Crippen molar-refractivity contribution in [2.24, 2.45) is 0 Å². The molecule has 2 aromatic rings. The minimum Gasteiger partial charge on any atom is -0.452 e. The lowest BCUT2D eigenvalue weighted by Crippen LogP contribution is -2.21. The van der Waals surface area contributed by atoms with Crippen molar-refractivity contribution in [3.63, 3.8) is 0 Å². The fourth-order valence-electron chi connectivity index (χ4n) is 1.89. The molecule has 0 saturated carbocycles. The molecule has 0 bridgehead atoms. The third-order valence-corrected chi connectivity index (χ3v) is 3.60. The molecule has 0 saturated heterocycles. The lowest BCUT2D eigenvalue weighted by atomic mass is 10.2. The quantitative estimate of drug-likeness (QED) is 0.477. The highest BCUT2D eigenvalue weighted by Gasteiger charge is 2.13. The summed E-state index contributed by atoms with van der Waals surface area (Å²) >= 11 is 3.33. The Hall–Kier alpha value is -2.74. The maximum atomic E-state index is 11.8. The summed E-state index contributed by atoms with van der Waals surface area (Å²) in [6.07, 6.45) is 0. The predicted octanol–water partition coefficient (Wildman–Crippen LogP) is 3.46. The second-order valence-corrected chi connectivity index (χ2v) is 5.80. The van der Waals surface area contributed by atoms with Crippen LogP contribution < -0.4 is 5.32 Å². The van der Waals surface area contributed by atoms with Gasteiger partial charge in [0.25, 0.3) is 11.6 Å². The molecule has 8 heteroatoms. The Morgan fingerprint density at radius 3 is 2.46 bits per heavy atom. The lowest BCUT2D eigenvalue weighted by Gasteiger charge is -2.09. The van der Waals surface area contributed by atoms with E-state index in [1.165, 1.54) is 24.3 Å². The van der Waals surface area contributed by atoms with Gasteiger partial charge in [-0.3, -0.25) is 14.9 Å². The molecule has 0 spiro atoms. The summed E-state index contributed by atoms with van der Waals surface area (Å²) in [6, 6.07) is 10.3. The normalized spacial score (nSPS) is 10.1. The first kappa shape index (κ1) is 17.6. The summed E-state index contributed by atoms with van der Waals surface area (Å²) in [5, 5.41) is 13.2. The number of non-ortho nitro benzene ring substituents is 1. The molecular weight excluding hydrogens is 380 g/mol. The van der Waals surface area contributed by atoms with Crippen molar-refractivity contribution in [3.05, 3.63) is 68.2 Å². The number of rotatable bonds is 5. The molecule has 2 rings (SSSR count). The van der Waals surface area contributed by atoms with E-state index in [1.807, 2.05) is 13.0 Å². The first-order valence-corrected chi connectivity index (χ1v) is 7.63. The van der Waals surface area contributed by atoms with E-state index in [9.17, 15) is 19.7 Å². The van der Waals surface area contributed by atoms with Crippen LogP contribution in [0.3, 0.4) is 0 Å². The molecule has 0 unspecified atom stereocenters. The maximum Gasteiger partial charge on any atom is 0.338 e. The van der Waals surface area contributed by atoms with Crippen LogP contribution in [0.25, 0.3) is 0 Å². The number of nitrogens with one attached hydrogen (secondary N) is 1. The molecule has 0 aliphatic heterocycles. The topological polar surface area (TPSA) is 98.5 Å². The highest BCUT2D eigenvalue weighted by molar-refractivity contribution is 9.10. The minimum absolute atomic E-state index is 0.130. The molecule has 7 nitrogen and oxygen atoms in total. The largest absolute Gasteiger partial charge is 0.452 e. The Morgan fingerprint density at radius 1 is 1.21 bits per heavy atom. The van der Waals surface area contributed by atoms with Crippen LogP contribution in [0.4, 0.5) is 11.4 Å². The average molecular weight is 393 g/mol. The summed E-state index contributed by atoms with van der Waals surface area (Å²) in [4.78, 5) is 33.6. The van der Waals surface area contributed by atoms with Crippen molar-refractivity contribution in [3.8, 4) is 0 Å². The van der Waals surface area contributed by atoms with Crippen molar-refractivity contribution < 1.29 is 19.2 Å². The second kappa shape index (κ2) is 7.69. The highest BCUT2D eigenvalue weighted by Crippen LogP contribution is 2.20. The minimum atomic E-state index is -0.729. The van der Waals surface area contributed by atoms with E-state index in [2.05, 4.69) is 21.2 Å². The number of nitrogens with zero attached hydrogens (tertiary/aromatic N) is 1. The molecule has 124 valence electrons. The van der Waals surface area contributed by atoms with Crippen LogP contribution in [-0.4, -0.2) is 23.4 Å². The lowest BCUT2D eigenvalue weighted by molar-refractivity contribution is -0.384. The molecule has 0 fully saturated rings. The van der Waals surface area contributed by atoms with Gasteiger partial charge >= 0.3 is 5.97 Å². The number of benzene rings is 2. The number of anilines is 1. The Bertz CT molecular complexity index is 790. The molecule has 0 aromatic heterocycles. The van der Waals surface area contributed by atoms with E-state index in [0.29, 0.717) is 5.69 Å². The van der Waals surface area contributed by atoms with E-state index in [-0.39, 0.29) is 11.3 Å². The monoisotopic (exact) mass is 392 g/mol. The van der Waals surface area contributed by atoms with Gasteiger partial charge in [0.05, 0.1) is 10.5 Å². The predicted molar refractivity (Wildman–Crippen MR) is 90.9 cm³/mol. The molecule has 0 radical (unpaired) electrons. The number of carbonyl (C=O) groups excluding carboxylic acids is 2. The van der Waals surface area contributed by atoms with E-state index < -0.39 is 23.4 Å². The van der Waals surface area contributed by atoms with Gasteiger partial charge in [0.2, 0.25) is 0 Å². The van der Waals surface area contributed by atoms with Crippen LogP contribution in [-0.2, 0) is 9.53 Å². The van der Waals surface area contributed by atoms with Gasteiger partial charge in [-0.05, 0) is 42.8 Å². The third-order valence-electron chi connectivity index (χ3n) is 3.11. The number of nitro benzene ring substituents is 1. The van der Waals surface area contributed by atoms with Crippen molar-refractivity contribution in [1.82, 2.24) is 0 Å². The maximum absolute atomic E-state index is 11.8. The summed E-state index contributed by atoms with van der Waals surface area (Å²) in [6.45, 7) is 1.38. The van der Waals surface area contributed by atoms with Crippen LogP contribution >= 0.6 is 15.9 Å². The van der Waals surface area contributed by atoms with Crippen LogP contribution in [0.5, 0.6) is 0 Å². The summed E-state index contributed by atoms with van der Waals surface area (Å²) < 4.78 is 5.79. The van der Waals surface area contributed by atoms with E-state index >= 15 is 0 Å². The summed E-state index contributed by atoms with van der Waals surface area (Å²) in [5.74, 6) is -1.21. The number of carbonyl (C=O) groups is 2. The van der Waals surface area contributed by atoms with Gasteiger partial charge in [-0.2, -0.15) is 0 Å². The number of aryl methyl sites for hydroxylation is 1. The Balaban J connectivity index is 1.91. The Morgan fingerprint density at radius 2 is 1.88 bits per heavy atom. The average Bonchev–Trinajstić information content (AvgIpc) is 2.55. The van der Waals surface area contributed by atoms with Gasteiger partial charge in [-0.25, -0.2) is 4.79 Å². The molecule has 1 amide bonds. The number of amides is 1. The zero-order valence-electron chi connectivity index (χ0n) is 12.6. The van der Waals surface area contributed by atoms with Gasteiger partial charge in [-0.1, -0.05) is 15.9 Å². The standard InChI is InChI=1S/C16H13BrN2O5/c1-10-8-12(17)4-7-14(10)18-15(20)9-24-16(21)11-2-5-13(6-3-11)19(22)23/h2-8H,9H2,1H3,(H,18,20). The molecule has 2 aromatic carbocycles. The third kappa shape index (κ3) is 4.63. The number of esters is 1. The van der Waals surface area contributed by atoms with Gasteiger partial charge in [-0.15, -0.1) is 0 Å². The smallest absolute Gasteiger partial charge is 0.338 e. The van der Waals surface area contributed by atoms with E-state index in [4.69, 9.17) is 4.74 Å². The van der Waals surface area contributed by atoms with Gasteiger partial charge in [0, 0.05) is 22.3 Å². The van der Waals surface area contributed by atoms with Crippen LogP contribution in [0.15, 0.2) is 46.9 Å². The van der Waals surface area contributed by atoms with Crippen LogP contribution in [0, 0.1) is 17.0 Å². The summed E-state index contributed by atoms with van der Waals surface area (Å²) in [7, 11) is 0. The van der Waals surface area contributed by atoms with Crippen LogP contribution in [0.1, 0.15) is 15.9 Å². The SMILES string of the molecule is Cc1cc(Br)ccc1NC(=O)COC(=O)c1ccc([N+](=O)[O-])cc1. The van der Waals surface area contributed by atoms with Crippen molar-refractivity contribution in [2.45, 2.75) is 6.92 Å². The van der Waals surface area contributed by atoms with E-state index in [1.54, 1.807) is 12.1 Å². The number of hydrogen-bond acceptors (Lipinski definition) is 5. The fourth-order valence-corrected chi connectivity index (χ4v) is 2.36.